The van der Waals surface area contributed by atoms with Crippen LogP contribution in [0.15, 0.2) is 67.3 Å². The van der Waals surface area contributed by atoms with Gasteiger partial charge in [0.2, 0.25) is 5.91 Å². The first kappa shape index (κ1) is 19.2. The Morgan fingerprint density at radius 2 is 1.94 bits per heavy atom. The second-order valence-electron chi connectivity index (χ2n) is 7.44. The molecule has 0 aliphatic carbocycles. The molecule has 154 valence electrons. The normalized spacial score (nSPS) is 11.2. The van der Waals surface area contributed by atoms with Crippen LogP contribution in [0.1, 0.15) is 11.3 Å². The van der Waals surface area contributed by atoms with Crippen molar-refractivity contribution in [1.82, 2.24) is 23.7 Å². The zero-order chi connectivity index (χ0) is 21.4. The minimum absolute atomic E-state index is 0.0487. The molecular formula is C23H20N6OS. The Bertz CT molecular complexity index is 1380. The Kier molecular flexibility index (Phi) is 4.83. The number of hydrogen-bond acceptors (Lipinski definition) is 5. The Morgan fingerprint density at radius 1 is 1.10 bits per heavy atom. The molecule has 1 amide bonds. The van der Waals surface area contributed by atoms with E-state index in [0.29, 0.717) is 6.42 Å². The molecule has 0 bridgehead atoms. The number of aromatic nitrogens is 5. The molecule has 0 aliphatic rings. The lowest BCUT2D eigenvalue weighted by molar-refractivity contribution is -0.115. The fraction of sp³-hybridized carbons (Fsp3) is 0.130. The van der Waals surface area contributed by atoms with E-state index in [2.05, 4.69) is 38.0 Å². The largest absolute Gasteiger partial charge is 0.316 e. The third kappa shape index (κ3) is 3.97. The molecule has 8 heteroatoms. The number of aryl methyl sites for hydroxylation is 2. The molecule has 5 rings (SSSR count). The number of nitrogens with zero attached hydrogens (tertiary/aromatic N) is 5. The number of amides is 1. The van der Waals surface area contributed by atoms with Gasteiger partial charge in [-0.1, -0.05) is 18.2 Å². The first-order chi connectivity index (χ1) is 15.0. The van der Waals surface area contributed by atoms with Gasteiger partial charge in [-0.3, -0.25) is 14.0 Å². The summed E-state index contributed by atoms with van der Waals surface area (Å²) in [4.78, 5) is 16.9. The van der Waals surface area contributed by atoms with Gasteiger partial charge in [-0.25, -0.2) is 4.98 Å². The third-order valence-electron chi connectivity index (χ3n) is 5.06. The van der Waals surface area contributed by atoms with Crippen molar-refractivity contribution in [2.45, 2.75) is 13.3 Å². The smallest absolute Gasteiger partial charge is 0.229 e. The molecule has 7 nitrogen and oxygen atoms in total. The number of imidazole rings is 1. The van der Waals surface area contributed by atoms with Crippen molar-refractivity contribution in [3.8, 4) is 16.8 Å². The Morgan fingerprint density at radius 3 is 2.65 bits per heavy atom. The van der Waals surface area contributed by atoms with E-state index in [1.807, 2.05) is 67.6 Å². The molecule has 5 aromatic rings. The van der Waals surface area contributed by atoms with E-state index in [9.17, 15) is 4.79 Å². The van der Waals surface area contributed by atoms with Gasteiger partial charge >= 0.3 is 0 Å². The fourth-order valence-electron chi connectivity index (χ4n) is 3.53. The molecule has 0 saturated carbocycles. The monoisotopic (exact) mass is 428 g/mol. The minimum atomic E-state index is -0.0487. The zero-order valence-corrected chi connectivity index (χ0v) is 17.9. The second-order valence-corrected chi connectivity index (χ2v) is 8.25. The highest BCUT2D eigenvalue weighted by Crippen LogP contribution is 2.25. The van der Waals surface area contributed by atoms with Crippen LogP contribution in [0.3, 0.4) is 0 Å². The fourth-order valence-corrected chi connectivity index (χ4v) is 4.21. The topological polar surface area (TPSA) is 77.6 Å². The van der Waals surface area contributed by atoms with Crippen LogP contribution in [-0.4, -0.2) is 29.6 Å². The van der Waals surface area contributed by atoms with Crippen LogP contribution in [0.5, 0.6) is 0 Å². The van der Waals surface area contributed by atoms with Crippen molar-refractivity contribution < 1.29 is 4.79 Å². The summed E-state index contributed by atoms with van der Waals surface area (Å²) >= 11 is 1.29. The molecule has 0 spiro atoms. The molecule has 3 heterocycles. The summed E-state index contributed by atoms with van der Waals surface area (Å²) in [6.07, 6.45) is 5.98. The summed E-state index contributed by atoms with van der Waals surface area (Å²) in [5.41, 5.74) is 6.95. The molecule has 3 aromatic heterocycles. The van der Waals surface area contributed by atoms with Gasteiger partial charge in [-0.15, -0.1) is 0 Å². The lowest BCUT2D eigenvalue weighted by Gasteiger charge is -2.07. The molecule has 0 aliphatic heterocycles. The average molecular weight is 429 g/mol. The second kappa shape index (κ2) is 7.81. The first-order valence-electron chi connectivity index (χ1n) is 9.84. The molecule has 31 heavy (non-hydrogen) atoms. The third-order valence-corrected chi connectivity index (χ3v) is 5.85. The molecule has 0 unspecified atom stereocenters. The highest BCUT2D eigenvalue weighted by atomic mass is 32.1. The van der Waals surface area contributed by atoms with E-state index in [1.165, 1.54) is 11.5 Å². The first-order valence-corrected chi connectivity index (χ1v) is 10.6. The van der Waals surface area contributed by atoms with Crippen LogP contribution >= 0.6 is 11.5 Å². The summed E-state index contributed by atoms with van der Waals surface area (Å²) in [5.74, 6) is -0.0487. The van der Waals surface area contributed by atoms with Crippen molar-refractivity contribution in [2.75, 3.05) is 5.32 Å². The number of carbonyl (C=O) groups is 1. The summed E-state index contributed by atoms with van der Waals surface area (Å²) in [7, 11) is 1.91. The quantitative estimate of drug-likeness (QED) is 0.451. The van der Waals surface area contributed by atoms with Crippen molar-refractivity contribution >= 4 is 33.5 Å². The zero-order valence-electron chi connectivity index (χ0n) is 17.1. The van der Waals surface area contributed by atoms with Crippen LogP contribution in [-0.2, 0) is 18.3 Å². The van der Waals surface area contributed by atoms with Gasteiger partial charge < -0.3 is 5.32 Å². The van der Waals surface area contributed by atoms with E-state index in [4.69, 9.17) is 0 Å². The van der Waals surface area contributed by atoms with E-state index in [0.717, 1.165) is 44.1 Å². The lowest BCUT2D eigenvalue weighted by atomic mass is 10.1. The van der Waals surface area contributed by atoms with Gasteiger partial charge in [-0.2, -0.15) is 9.47 Å². The average Bonchev–Trinajstić information content (AvgIpc) is 3.48. The van der Waals surface area contributed by atoms with Gasteiger partial charge in [0.1, 0.15) is 11.3 Å². The number of anilines is 1. The highest BCUT2D eigenvalue weighted by Gasteiger charge is 2.10. The predicted octanol–water partition coefficient (Wildman–Crippen LogP) is 4.37. The van der Waals surface area contributed by atoms with Crippen molar-refractivity contribution in [3.05, 3.63) is 78.5 Å². The number of nitrogens with one attached hydrogen (secondary N) is 1. The number of carbonyl (C=O) groups excluding carboxylic acids is 1. The number of benzene rings is 2. The summed E-state index contributed by atoms with van der Waals surface area (Å²) in [6.45, 7) is 1.91. The summed E-state index contributed by atoms with van der Waals surface area (Å²) in [5, 5.41) is 7.91. The molecule has 0 atom stereocenters. The van der Waals surface area contributed by atoms with Gasteiger partial charge in [0.05, 0.1) is 29.3 Å². The number of rotatable bonds is 5. The van der Waals surface area contributed by atoms with E-state index in [1.54, 1.807) is 4.68 Å². The van der Waals surface area contributed by atoms with Crippen molar-refractivity contribution in [1.29, 1.82) is 0 Å². The van der Waals surface area contributed by atoms with E-state index >= 15 is 0 Å². The van der Waals surface area contributed by atoms with Crippen LogP contribution in [0.25, 0.3) is 27.8 Å². The summed E-state index contributed by atoms with van der Waals surface area (Å²) in [6, 6.07) is 16.1. The number of hydrogen-bond donors (Lipinski definition) is 1. The summed E-state index contributed by atoms with van der Waals surface area (Å²) < 4.78 is 8.02. The van der Waals surface area contributed by atoms with Crippen molar-refractivity contribution in [2.24, 2.45) is 7.05 Å². The molecule has 0 fully saturated rings. The highest BCUT2D eigenvalue weighted by molar-refractivity contribution is 7.10. The number of fused-ring (bicyclic) bond motifs is 1. The van der Waals surface area contributed by atoms with E-state index in [-0.39, 0.29) is 5.91 Å². The maximum atomic E-state index is 12.3. The van der Waals surface area contributed by atoms with E-state index < -0.39 is 0 Å². The predicted molar refractivity (Wildman–Crippen MR) is 122 cm³/mol. The van der Waals surface area contributed by atoms with Crippen LogP contribution in [0.4, 0.5) is 5.00 Å². The molecular weight excluding hydrogens is 408 g/mol. The SMILES string of the molecule is Cc1cc(NC(=O)Cc2ccc(-n3cnc4cc(-c5cnn(C)c5)ccc43)cc2)sn1. The van der Waals surface area contributed by atoms with Gasteiger partial charge in [0.25, 0.3) is 0 Å². The maximum Gasteiger partial charge on any atom is 0.229 e. The molecule has 2 aromatic carbocycles. The van der Waals surface area contributed by atoms with Crippen LogP contribution in [0.2, 0.25) is 0 Å². The van der Waals surface area contributed by atoms with Gasteiger partial charge in [0, 0.05) is 24.5 Å². The lowest BCUT2D eigenvalue weighted by Crippen LogP contribution is -2.13. The Balaban J connectivity index is 1.33. The van der Waals surface area contributed by atoms with Crippen molar-refractivity contribution in [3.63, 3.8) is 0 Å². The Labute approximate surface area is 183 Å². The molecule has 0 radical (unpaired) electrons. The maximum absolute atomic E-state index is 12.3. The minimum Gasteiger partial charge on any atom is -0.316 e. The standard InChI is InChI=1S/C23H20N6OS/c1-15-9-23(31-27-15)26-22(30)10-16-3-6-19(7-4-16)29-14-24-20-11-17(5-8-21(20)29)18-12-25-28(2)13-18/h3-9,11-14H,10H2,1-2H3,(H,26,30). The van der Waals surface area contributed by atoms with Crippen LogP contribution < -0.4 is 5.32 Å². The molecule has 0 saturated heterocycles. The Hall–Kier alpha value is -3.78. The van der Waals surface area contributed by atoms with Gasteiger partial charge in [0.15, 0.2) is 0 Å². The van der Waals surface area contributed by atoms with Gasteiger partial charge in [-0.05, 0) is 59.9 Å². The molecule has 1 N–H and O–H groups in total. The van der Waals surface area contributed by atoms with Crippen LogP contribution in [0, 0.1) is 6.92 Å².